The molecular formula is C11H16BNO4. The van der Waals surface area contributed by atoms with E-state index in [4.69, 9.17) is 14.8 Å². The number of ether oxygens (including phenoxy) is 1. The van der Waals surface area contributed by atoms with Crippen LogP contribution >= 0.6 is 0 Å². The predicted octanol–water partition coefficient (Wildman–Crippen LogP) is 1.14. The Kier molecular flexibility index (Phi) is 4.22. The van der Waals surface area contributed by atoms with Crippen LogP contribution in [0.25, 0.3) is 0 Å². The van der Waals surface area contributed by atoms with Crippen LogP contribution in [-0.2, 0) is 0 Å². The zero-order valence-electron chi connectivity index (χ0n) is 9.58. The summed E-state index contributed by atoms with van der Waals surface area (Å²) in [5.74, 6) is 0.854. The summed E-state index contributed by atoms with van der Waals surface area (Å²) in [5.41, 5.74) is 0. The van der Waals surface area contributed by atoms with Crippen LogP contribution in [0.3, 0.4) is 0 Å². The smallest absolute Gasteiger partial charge is 0.511 e. The average molecular weight is 237 g/mol. The fourth-order valence-electron chi connectivity index (χ4n) is 1.98. The highest BCUT2D eigenvalue weighted by molar-refractivity contribution is 6.33. The summed E-state index contributed by atoms with van der Waals surface area (Å²) in [4.78, 5) is 4.06. The monoisotopic (exact) mass is 237 g/mol. The summed E-state index contributed by atoms with van der Waals surface area (Å²) < 4.78 is 10.4. The lowest BCUT2D eigenvalue weighted by Crippen LogP contribution is -2.21. The van der Waals surface area contributed by atoms with Crippen molar-refractivity contribution in [1.82, 2.24) is 4.98 Å². The number of rotatable bonds is 4. The van der Waals surface area contributed by atoms with E-state index in [0.29, 0.717) is 11.6 Å². The van der Waals surface area contributed by atoms with Crippen LogP contribution in [0.15, 0.2) is 18.3 Å². The number of aromatic nitrogens is 1. The highest BCUT2D eigenvalue weighted by Gasteiger charge is 2.16. The molecule has 0 radical (unpaired) electrons. The van der Waals surface area contributed by atoms with Crippen LogP contribution in [0, 0.1) is 0 Å². The second kappa shape index (κ2) is 5.88. The Hall–Kier alpha value is -1.27. The van der Waals surface area contributed by atoms with E-state index >= 15 is 0 Å². The van der Waals surface area contributed by atoms with Gasteiger partial charge in [0.25, 0.3) is 0 Å². The Labute approximate surface area is 101 Å². The fraction of sp³-hybridized carbons (Fsp3) is 0.545. The molecule has 1 saturated carbocycles. The van der Waals surface area contributed by atoms with Crippen LogP contribution < -0.4 is 9.39 Å². The van der Waals surface area contributed by atoms with E-state index < -0.39 is 7.32 Å². The first kappa shape index (κ1) is 12.2. The molecule has 1 aromatic rings. The molecule has 6 heteroatoms. The minimum absolute atomic E-state index is 0.256. The Morgan fingerprint density at radius 2 is 1.94 bits per heavy atom. The van der Waals surface area contributed by atoms with E-state index in [2.05, 4.69) is 9.64 Å². The third kappa shape index (κ3) is 3.91. The molecule has 2 rings (SSSR count). The van der Waals surface area contributed by atoms with Gasteiger partial charge < -0.3 is 19.4 Å². The Balaban J connectivity index is 1.88. The number of hydrogen-bond acceptors (Lipinski definition) is 5. The second-order valence-electron chi connectivity index (χ2n) is 4.15. The van der Waals surface area contributed by atoms with Crippen molar-refractivity contribution < 1.29 is 19.4 Å². The van der Waals surface area contributed by atoms with Crippen LogP contribution in [-0.4, -0.2) is 28.5 Å². The third-order valence-corrected chi connectivity index (χ3v) is 2.79. The molecule has 0 atom stereocenters. The molecule has 1 aliphatic rings. The quantitative estimate of drug-likeness (QED) is 0.768. The van der Waals surface area contributed by atoms with Gasteiger partial charge in [-0.05, 0) is 31.7 Å². The van der Waals surface area contributed by atoms with Crippen molar-refractivity contribution >= 4 is 7.32 Å². The lowest BCUT2D eigenvalue weighted by Gasteiger charge is -2.22. The van der Waals surface area contributed by atoms with Crippen molar-refractivity contribution in [1.29, 1.82) is 0 Å². The Morgan fingerprint density at radius 3 is 2.53 bits per heavy atom. The van der Waals surface area contributed by atoms with Gasteiger partial charge in [0.2, 0.25) is 5.88 Å². The molecule has 0 aliphatic heterocycles. The SMILES string of the molecule is OB(O)Oc1ccc(OC2CCCCC2)nc1. The van der Waals surface area contributed by atoms with Crippen LogP contribution in [0.4, 0.5) is 0 Å². The summed E-state index contributed by atoms with van der Waals surface area (Å²) in [6.45, 7) is 0. The molecule has 92 valence electrons. The molecule has 0 unspecified atom stereocenters. The van der Waals surface area contributed by atoms with Gasteiger partial charge in [0.15, 0.2) is 0 Å². The van der Waals surface area contributed by atoms with E-state index in [-0.39, 0.29) is 6.10 Å². The minimum atomic E-state index is -1.82. The van der Waals surface area contributed by atoms with E-state index in [9.17, 15) is 0 Å². The highest BCUT2D eigenvalue weighted by Crippen LogP contribution is 2.23. The molecule has 1 aromatic heterocycles. The topological polar surface area (TPSA) is 71.8 Å². The lowest BCUT2D eigenvalue weighted by molar-refractivity contribution is 0.148. The van der Waals surface area contributed by atoms with Gasteiger partial charge >= 0.3 is 7.32 Å². The average Bonchev–Trinajstić information content (AvgIpc) is 2.32. The summed E-state index contributed by atoms with van der Waals surface area (Å²) >= 11 is 0. The van der Waals surface area contributed by atoms with Crippen molar-refractivity contribution in [2.75, 3.05) is 0 Å². The van der Waals surface area contributed by atoms with Gasteiger partial charge in [-0.15, -0.1) is 0 Å². The molecule has 17 heavy (non-hydrogen) atoms. The molecule has 0 bridgehead atoms. The fourth-order valence-corrected chi connectivity index (χ4v) is 1.98. The van der Waals surface area contributed by atoms with Gasteiger partial charge in [-0.2, -0.15) is 0 Å². The summed E-state index contributed by atoms with van der Waals surface area (Å²) in [7, 11) is -1.82. The zero-order chi connectivity index (χ0) is 12.1. The second-order valence-corrected chi connectivity index (χ2v) is 4.15. The molecule has 1 aliphatic carbocycles. The first-order chi connectivity index (χ1) is 8.24. The summed E-state index contributed by atoms with van der Waals surface area (Å²) in [5, 5.41) is 17.2. The van der Waals surface area contributed by atoms with Gasteiger partial charge in [0, 0.05) is 6.07 Å². The molecule has 5 nitrogen and oxygen atoms in total. The van der Waals surface area contributed by atoms with Crippen LogP contribution in [0.1, 0.15) is 32.1 Å². The lowest BCUT2D eigenvalue weighted by atomic mass is 9.98. The molecule has 2 N–H and O–H groups in total. The van der Waals surface area contributed by atoms with Gasteiger partial charge in [0.05, 0.1) is 6.20 Å². The largest absolute Gasteiger partial charge is 0.707 e. The third-order valence-electron chi connectivity index (χ3n) is 2.79. The van der Waals surface area contributed by atoms with E-state index in [1.807, 2.05) is 0 Å². The maximum atomic E-state index is 8.61. The van der Waals surface area contributed by atoms with Crippen molar-refractivity contribution in [2.24, 2.45) is 0 Å². The molecule has 1 fully saturated rings. The zero-order valence-corrected chi connectivity index (χ0v) is 9.58. The maximum absolute atomic E-state index is 8.61. The van der Waals surface area contributed by atoms with Crippen LogP contribution in [0.5, 0.6) is 11.6 Å². The number of pyridine rings is 1. The predicted molar refractivity (Wildman–Crippen MR) is 62.6 cm³/mol. The van der Waals surface area contributed by atoms with Crippen molar-refractivity contribution in [2.45, 2.75) is 38.2 Å². The van der Waals surface area contributed by atoms with Gasteiger partial charge in [-0.1, -0.05) is 6.42 Å². The first-order valence-electron chi connectivity index (χ1n) is 5.89. The van der Waals surface area contributed by atoms with Gasteiger partial charge in [-0.25, -0.2) is 4.98 Å². The number of nitrogens with zero attached hydrogens (tertiary/aromatic N) is 1. The summed E-state index contributed by atoms with van der Waals surface area (Å²) in [6.07, 6.45) is 7.54. The first-order valence-corrected chi connectivity index (χ1v) is 5.89. The molecule has 1 heterocycles. The van der Waals surface area contributed by atoms with Gasteiger partial charge in [0.1, 0.15) is 11.9 Å². The molecule has 0 saturated heterocycles. The van der Waals surface area contributed by atoms with Crippen molar-refractivity contribution in [3.05, 3.63) is 18.3 Å². The molecule has 0 spiro atoms. The number of hydrogen-bond donors (Lipinski definition) is 2. The van der Waals surface area contributed by atoms with Gasteiger partial charge in [-0.3, -0.25) is 0 Å². The Bertz CT molecular complexity index is 338. The van der Waals surface area contributed by atoms with Crippen molar-refractivity contribution in [3.63, 3.8) is 0 Å². The van der Waals surface area contributed by atoms with Crippen molar-refractivity contribution in [3.8, 4) is 11.6 Å². The van der Waals surface area contributed by atoms with E-state index in [1.165, 1.54) is 25.5 Å². The highest BCUT2D eigenvalue weighted by atomic mass is 16.6. The Morgan fingerprint density at radius 1 is 1.18 bits per heavy atom. The van der Waals surface area contributed by atoms with E-state index in [0.717, 1.165) is 12.8 Å². The molecular weight excluding hydrogens is 221 g/mol. The normalized spacial score (nSPS) is 16.6. The van der Waals surface area contributed by atoms with Crippen LogP contribution in [0.2, 0.25) is 0 Å². The molecule has 0 amide bonds. The molecule has 0 aromatic carbocycles. The van der Waals surface area contributed by atoms with E-state index in [1.54, 1.807) is 12.1 Å². The summed E-state index contributed by atoms with van der Waals surface area (Å²) in [6, 6.07) is 3.27. The maximum Gasteiger partial charge on any atom is 0.707 e. The standard InChI is InChI=1S/C11H16BNO4/c14-12(15)17-10-6-7-11(13-8-10)16-9-4-2-1-3-5-9/h6-9,14-15H,1-5H2. The minimum Gasteiger partial charge on any atom is -0.511 e.